The highest BCUT2D eigenvalue weighted by Gasteiger charge is 2.37. The van der Waals surface area contributed by atoms with Gasteiger partial charge in [-0.05, 0) is 36.7 Å². The van der Waals surface area contributed by atoms with Gasteiger partial charge in [0.1, 0.15) is 28.8 Å². The third kappa shape index (κ3) is 4.57. The maximum atomic E-state index is 14.0. The Kier molecular flexibility index (Phi) is 5.96. The van der Waals surface area contributed by atoms with Gasteiger partial charge < -0.3 is 15.8 Å². The standard InChI is InChI=1S/C16H14F5N3OS/c1-25-9-6-11(17)10(12(18)7-9)3-2-8-4-5-23-14(24-15(22)26)13(8)16(19,20)21/h4-7H,2-3H2,1H3,(H3,22,23,24,26). The Hall–Kier alpha value is -2.49. The molecule has 26 heavy (non-hydrogen) atoms. The second kappa shape index (κ2) is 7.81. The molecule has 0 unspecified atom stereocenters. The minimum atomic E-state index is -4.76. The van der Waals surface area contributed by atoms with E-state index < -0.39 is 29.2 Å². The smallest absolute Gasteiger partial charge is 0.420 e. The van der Waals surface area contributed by atoms with Crippen LogP contribution in [-0.4, -0.2) is 17.2 Å². The average molecular weight is 391 g/mol. The number of hydrogen-bond acceptors (Lipinski definition) is 3. The van der Waals surface area contributed by atoms with Gasteiger partial charge in [-0.2, -0.15) is 13.2 Å². The van der Waals surface area contributed by atoms with E-state index in [1.807, 2.05) is 0 Å². The molecule has 3 N–H and O–H groups in total. The Bertz CT molecular complexity index is 803. The van der Waals surface area contributed by atoms with Crippen LogP contribution in [0.4, 0.5) is 27.8 Å². The lowest BCUT2D eigenvalue weighted by Crippen LogP contribution is -2.23. The zero-order valence-electron chi connectivity index (χ0n) is 13.5. The number of thiocarbonyl (C=S) groups is 1. The topological polar surface area (TPSA) is 60.2 Å². The summed E-state index contributed by atoms with van der Waals surface area (Å²) in [7, 11) is 1.25. The Morgan fingerprint density at radius 3 is 2.35 bits per heavy atom. The number of anilines is 1. The van der Waals surface area contributed by atoms with Gasteiger partial charge in [0.2, 0.25) is 0 Å². The van der Waals surface area contributed by atoms with Crippen molar-refractivity contribution in [3.8, 4) is 5.75 Å². The van der Waals surface area contributed by atoms with Crippen molar-refractivity contribution >= 4 is 23.1 Å². The third-order valence-corrected chi connectivity index (χ3v) is 3.66. The quantitative estimate of drug-likeness (QED) is 0.599. The fourth-order valence-corrected chi connectivity index (χ4v) is 2.53. The Morgan fingerprint density at radius 2 is 1.85 bits per heavy atom. The molecule has 0 aliphatic heterocycles. The minimum absolute atomic E-state index is 0.0217. The summed E-state index contributed by atoms with van der Waals surface area (Å²) < 4.78 is 73.0. The van der Waals surface area contributed by atoms with Crippen LogP contribution < -0.4 is 15.8 Å². The number of benzene rings is 1. The van der Waals surface area contributed by atoms with Gasteiger partial charge in [0.25, 0.3) is 0 Å². The minimum Gasteiger partial charge on any atom is -0.497 e. The first-order valence-corrected chi connectivity index (χ1v) is 7.67. The molecule has 1 aromatic heterocycles. The van der Waals surface area contributed by atoms with Crippen molar-refractivity contribution in [3.05, 3.63) is 52.7 Å². The molecule has 4 nitrogen and oxygen atoms in total. The first kappa shape index (κ1) is 19.8. The van der Waals surface area contributed by atoms with Crippen molar-refractivity contribution in [2.45, 2.75) is 19.0 Å². The van der Waals surface area contributed by atoms with Gasteiger partial charge >= 0.3 is 6.18 Å². The van der Waals surface area contributed by atoms with Crippen molar-refractivity contribution in [2.24, 2.45) is 5.73 Å². The van der Waals surface area contributed by atoms with Crippen LogP contribution in [0.5, 0.6) is 5.75 Å². The molecule has 0 spiro atoms. The van der Waals surface area contributed by atoms with Crippen LogP contribution in [-0.2, 0) is 19.0 Å². The summed E-state index contributed by atoms with van der Waals surface area (Å²) in [4.78, 5) is 3.60. The molecule has 10 heteroatoms. The Balaban J connectivity index is 2.37. The van der Waals surface area contributed by atoms with Crippen molar-refractivity contribution in [3.63, 3.8) is 0 Å². The second-order valence-corrected chi connectivity index (χ2v) is 5.69. The molecule has 2 rings (SSSR count). The van der Waals surface area contributed by atoms with Gasteiger partial charge in [0.15, 0.2) is 5.11 Å². The zero-order chi connectivity index (χ0) is 19.5. The van der Waals surface area contributed by atoms with Crippen molar-refractivity contribution < 1.29 is 26.7 Å². The van der Waals surface area contributed by atoms with Gasteiger partial charge in [-0.3, -0.25) is 0 Å². The predicted molar refractivity (Wildman–Crippen MR) is 90.0 cm³/mol. The maximum Gasteiger partial charge on any atom is 0.420 e. The lowest BCUT2D eigenvalue weighted by molar-refractivity contribution is -0.137. The summed E-state index contributed by atoms with van der Waals surface area (Å²) >= 11 is 4.55. The summed E-state index contributed by atoms with van der Waals surface area (Å²) in [6, 6.07) is 3.07. The van der Waals surface area contributed by atoms with Crippen molar-refractivity contribution in [2.75, 3.05) is 12.4 Å². The number of aryl methyl sites for hydroxylation is 1. The summed E-state index contributed by atoms with van der Waals surface area (Å²) in [6.07, 6.45) is -4.19. The molecule has 140 valence electrons. The van der Waals surface area contributed by atoms with Gasteiger partial charge in [-0.15, -0.1) is 0 Å². The highest BCUT2D eigenvalue weighted by atomic mass is 32.1. The fourth-order valence-electron chi connectivity index (χ4n) is 2.43. The molecule has 0 saturated heterocycles. The molecule has 1 heterocycles. The van der Waals surface area contributed by atoms with Crippen LogP contribution in [0.2, 0.25) is 0 Å². The number of halogens is 5. The van der Waals surface area contributed by atoms with E-state index >= 15 is 0 Å². The predicted octanol–water partition coefficient (Wildman–Crippen LogP) is 3.83. The van der Waals surface area contributed by atoms with E-state index in [2.05, 4.69) is 22.5 Å². The van der Waals surface area contributed by atoms with Crippen LogP contribution in [0.25, 0.3) is 0 Å². The number of hydrogen-bond donors (Lipinski definition) is 2. The van der Waals surface area contributed by atoms with E-state index in [1.165, 1.54) is 7.11 Å². The highest BCUT2D eigenvalue weighted by molar-refractivity contribution is 7.80. The van der Waals surface area contributed by atoms with Crippen LogP contribution >= 0.6 is 12.2 Å². The van der Waals surface area contributed by atoms with E-state index in [0.717, 1.165) is 24.4 Å². The summed E-state index contributed by atoms with van der Waals surface area (Å²) in [5, 5.41) is 1.79. The van der Waals surface area contributed by atoms with E-state index in [4.69, 9.17) is 10.5 Å². The third-order valence-electron chi connectivity index (χ3n) is 3.56. The largest absolute Gasteiger partial charge is 0.497 e. The normalized spacial score (nSPS) is 11.3. The number of nitrogens with two attached hydrogens (primary N) is 1. The highest BCUT2D eigenvalue weighted by Crippen LogP contribution is 2.37. The summed E-state index contributed by atoms with van der Waals surface area (Å²) in [5.41, 5.74) is 3.61. The molecule has 0 aliphatic carbocycles. The van der Waals surface area contributed by atoms with Gasteiger partial charge in [0, 0.05) is 23.9 Å². The first-order valence-electron chi connectivity index (χ1n) is 7.27. The molecule has 2 aromatic rings. The van der Waals surface area contributed by atoms with E-state index in [0.29, 0.717) is 0 Å². The molecule has 0 aliphatic rings. The Morgan fingerprint density at radius 1 is 1.23 bits per heavy atom. The van der Waals surface area contributed by atoms with Gasteiger partial charge in [-0.1, -0.05) is 0 Å². The number of alkyl halides is 3. The van der Waals surface area contributed by atoms with Gasteiger partial charge in [-0.25, -0.2) is 13.8 Å². The molecule has 0 atom stereocenters. The van der Waals surface area contributed by atoms with Crippen LogP contribution in [0.3, 0.4) is 0 Å². The number of pyridine rings is 1. The molecular weight excluding hydrogens is 377 g/mol. The van der Waals surface area contributed by atoms with E-state index in [1.54, 1.807) is 0 Å². The summed E-state index contributed by atoms with van der Waals surface area (Å²) in [5.74, 6) is -2.37. The monoisotopic (exact) mass is 391 g/mol. The summed E-state index contributed by atoms with van der Waals surface area (Å²) in [6.45, 7) is 0. The van der Waals surface area contributed by atoms with Crippen LogP contribution in [0.15, 0.2) is 24.4 Å². The van der Waals surface area contributed by atoms with Crippen LogP contribution in [0.1, 0.15) is 16.7 Å². The maximum absolute atomic E-state index is 14.0. The van der Waals surface area contributed by atoms with Crippen LogP contribution in [0, 0.1) is 11.6 Å². The number of nitrogens with one attached hydrogen (secondary N) is 1. The molecule has 0 amide bonds. The lowest BCUT2D eigenvalue weighted by atomic mass is 9.99. The first-order chi connectivity index (χ1) is 12.1. The van der Waals surface area contributed by atoms with E-state index in [-0.39, 0.29) is 34.8 Å². The number of ether oxygens (including phenoxy) is 1. The number of rotatable bonds is 5. The Labute approximate surface area is 151 Å². The van der Waals surface area contributed by atoms with Crippen molar-refractivity contribution in [1.82, 2.24) is 4.98 Å². The molecule has 0 fully saturated rings. The molecule has 0 radical (unpaired) electrons. The molecule has 0 bridgehead atoms. The lowest BCUT2D eigenvalue weighted by Gasteiger charge is -2.17. The SMILES string of the molecule is COc1cc(F)c(CCc2ccnc(NC(N)=S)c2C(F)(F)F)c(F)c1. The number of nitrogens with zero attached hydrogens (tertiary/aromatic N) is 1. The number of aromatic nitrogens is 1. The van der Waals surface area contributed by atoms with Gasteiger partial charge in [0.05, 0.1) is 7.11 Å². The van der Waals surface area contributed by atoms with E-state index in [9.17, 15) is 22.0 Å². The molecule has 1 aromatic carbocycles. The molecular formula is C16H14F5N3OS. The second-order valence-electron chi connectivity index (χ2n) is 5.25. The molecule has 0 saturated carbocycles. The fraction of sp³-hybridized carbons (Fsp3) is 0.250. The van der Waals surface area contributed by atoms with Crippen molar-refractivity contribution in [1.29, 1.82) is 0 Å². The average Bonchev–Trinajstić information content (AvgIpc) is 2.52. The zero-order valence-corrected chi connectivity index (χ0v) is 14.3. The number of methoxy groups -OCH3 is 1.